The summed E-state index contributed by atoms with van der Waals surface area (Å²) in [6.07, 6.45) is 0.225. The van der Waals surface area contributed by atoms with Gasteiger partial charge in [0.05, 0.1) is 40.7 Å². The molecule has 1 aromatic heterocycles. The third kappa shape index (κ3) is 5.90. The van der Waals surface area contributed by atoms with Crippen molar-refractivity contribution in [1.29, 1.82) is 0 Å². The molecule has 0 saturated heterocycles. The topological polar surface area (TPSA) is 80.0 Å². The number of phenols is 1. The van der Waals surface area contributed by atoms with E-state index in [0.29, 0.717) is 6.54 Å². The molecule has 0 aliphatic heterocycles. The number of hydrogen-bond acceptors (Lipinski definition) is 4. The van der Waals surface area contributed by atoms with Gasteiger partial charge in [0.2, 0.25) is 5.91 Å². The number of nitrogens with one attached hydrogen (secondary N) is 1. The molecule has 0 bridgehead atoms. The van der Waals surface area contributed by atoms with Crippen molar-refractivity contribution < 1.29 is 38.4 Å². The van der Waals surface area contributed by atoms with Gasteiger partial charge in [0.15, 0.2) is 0 Å². The van der Waals surface area contributed by atoms with Crippen LogP contribution in [0.3, 0.4) is 0 Å². The second-order valence-corrected chi connectivity index (χ2v) is 7.68. The van der Waals surface area contributed by atoms with Crippen molar-refractivity contribution in [2.24, 2.45) is 0 Å². The summed E-state index contributed by atoms with van der Waals surface area (Å²) in [7, 11) is 6.26. The molecule has 0 aliphatic rings. The Balaban J connectivity index is 0.00000280. The van der Waals surface area contributed by atoms with Crippen LogP contribution < -0.4 is 29.3 Å². The smallest absolute Gasteiger partial charge is 0.222 e. The molecule has 1 heterocycles. The van der Waals surface area contributed by atoms with E-state index in [1.165, 1.54) is 0 Å². The number of likely N-dealkylation sites (N-methyl/N-ethyl adjacent to an activating group) is 1. The lowest BCUT2D eigenvalue weighted by Crippen LogP contribution is -3.00. The average Bonchev–Trinajstić information content (AvgIpc) is 3.03. The number of carbonyl (C=O) groups excluding carboxylic acids is 1. The predicted octanol–water partition coefficient (Wildman–Crippen LogP) is -1.06. The number of rotatable bonds is 7. The quantitative estimate of drug-likeness (QED) is 0.324. The van der Waals surface area contributed by atoms with Gasteiger partial charge in [-0.25, -0.2) is 0 Å². The molecular formula is C20H26IN5O2. The summed E-state index contributed by atoms with van der Waals surface area (Å²) in [5.74, 6) is 0.131. The minimum absolute atomic E-state index is 0. The molecule has 1 unspecified atom stereocenters. The highest BCUT2D eigenvalue weighted by Crippen LogP contribution is 2.24. The van der Waals surface area contributed by atoms with E-state index in [4.69, 9.17) is 0 Å². The summed E-state index contributed by atoms with van der Waals surface area (Å²) < 4.78 is 0.785. The Hall–Kier alpha value is -2.20. The number of halogens is 1. The van der Waals surface area contributed by atoms with E-state index >= 15 is 0 Å². The maximum absolute atomic E-state index is 12.5. The van der Waals surface area contributed by atoms with Crippen LogP contribution in [0.1, 0.15) is 18.0 Å². The Morgan fingerprint density at radius 2 is 1.64 bits per heavy atom. The van der Waals surface area contributed by atoms with Gasteiger partial charge in [-0.05, 0) is 29.8 Å². The zero-order valence-corrected chi connectivity index (χ0v) is 18.5. The van der Waals surface area contributed by atoms with Gasteiger partial charge in [-0.2, -0.15) is 15.0 Å². The molecule has 1 atom stereocenters. The molecule has 2 N–H and O–H groups in total. The fourth-order valence-electron chi connectivity index (χ4n) is 2.82. The second-order valence-electron chi connectivity index (χ2n) is 7.68. The highest BCUT2D eigenvalue weighted by Gasteiger charge is 2.21. The maximum Gasteiger partial charge on any atom is 0.222 e. The van der Waals surface area contributed by atoms with Crippen LogP contribution in [-0.2, 0) is 4.79 Å². The highest BCUT2D eigenvalue weighted by molar-refractivity contribution is 5.77. The Labute approximate surface area is 182 Å². The number of aromatic hydroxyl groups is 1. The van der Waals surface area contributed by atoms with Crippen LogP contribution >= 0.6 is 0 Å². The second kappa shape index (κ2) is 9.33. The Kier molecular flexibility index (Phi) is 7.36. The number of benzene rings is 2. The predicted molar refractivity (Wildman–Crippen MR) is 104 cm³/mol. The maximum atomic E-state index is 12.5. The summed E-state index contributed by atoms with van der Waals surface area (Å²) in [5, 5.41) is 21.6. The number of phenolic OH excluding ortho intramolecular Hbond substituents is 1. The zero-order valence-electron chi connectivity index (χ0n) is 16.3. The molecule has 28 heavy (non-hydrogen) atoms. The molecule has 8 heteroatoms. The Bertz CT molecular complexity index is 885. The van der Waals surface area contributed by atoms with Crippen molar-refractivity contribution in [3.63, 3.8) is 0 Å². The first-order valence-corrected chi connectivity index (χ1v) is 8.99. The van der Waals surface area contributed by atoms with E-state index in [1.54, 1.807) is 29.1 Å². The van der Waals surface area contributed by atoms with Crippen molar-refractivity contribution in [2.45, 2.75) is 12.5 Å². The minimum atomic E-state index is -0.345. The van der Waals surface area contributed by atoms with Gasteiger partial charge < -0.3 is 38.9 Å². The van der Waals surface area contributed by atoms with Crippen molar-refractivity contribution in [3.05, 3.63) is 54.1 Å². The van der Waals surface area contributed by atoms with Crippen molar-refractivity contribution in [3.8, 4) is 5.75 Å². The van der Waals surface area contributed by atoms with E-state index in [9.17, 15) is 9.90 Å². The number of quaternary nitrogens is 1. The normalized spacial score (nSPS) is 12.4. The summed E-state index contributed by atoms with van der Waals surface area (Å²) in [6, 6.07) is 14.1. The fraction of sp³-hybridized carbons (Fsp3) is 0.350. The van der Waals surface area contributed by atoms with E-state index in [-0.39, 0.29) is 48.1 Å². The summed E-state index contributed by atoms with van der Waals surface area (Å²) >= 11 is 0. The van der Waals surface area contributed by atoms with Crippen LogP contribution in [0.15, 0.2) is 48.5 Å². The molecule has 150 valence electrons. The van der Waals surface area contributed by atoms with Gasteiger partial charge in [-0.15, -0.1) is 0 Å². The fourth-order valence-corrected chi connectivity index (χ4v) is 2.82. The Morgan fingerprint density at radius 1 is 1.07 bits per heavy atom. The van der Waals surface area contributed by atoms with E-state index in [0.717, 1.165) is 27.6 Å². The third-order valence-corrected chi connectivity index (χ3v) is 4.34. The largest absolute Gasteiger partial charge is 1.00 e. The van der Waals surface area contributed by atoms with Crippen molar-refractivity contribution in [2.75, 3.05) is 34.2 Å². The highest BCUT2D eigenvalue weighted by atomic mass is 127. The SMILES string of the molecule is C[N+](C)(C)CCNC(=O)CC(c1ccc(O)cc1)n1nc2ccccc2n1.[I-]. The summed E-state index contributed by atoms with van der Waals surface area (Å²) in [4.78, 5) is 14.1. The number of carbonyl (C=O) groups is 1. The van der Waals surface area contributed by atoms with Gasteiger partial charge in [0, 0.05) is 0 Å². The molecular weight excluding hydrogens is 469 g/mol. The number of nitrogens with zero attached hydrogens (tertiary/aromatic N) is 4. The molecule has 0 fully saturated rings. The Morgan fingerprint density at radius 3 is 2.18 bits per heavy atom. The van der Waals surface area contributed by atoms with Gasteiger partial charge in [-0.3, -0.25) is 4.79 Å². The van der Waals surface area contributed by atoms with Gasteiger partial charge in [-0.1, -0.05) is 24.3 Å². The van der Waals surface area contributed by atoms with Crippen LogP contribution in [-0.4, -0.2) is 64.7 Å². The van der Waals surface area contributed by atoms with Crippen LogP contribution in [0.2, 0.25) is 0 Å². The van der Waals surface area contributed by atoms with E-state index in [1.807, 2.05) is 24.3 Å². The molecule has 0 aliphatic carbocycles. The lowest BCUT2D eigenvalue weighted by molar-refractivity contribution is -0.869. The molecule has 3 aromatic rings. The molecule has 7 nitrogen and oxygen atoms in total. The molecule has 0 saturated carbocycles. The summed E-state index contributed by atoms with van der Waals surface area (Å²) in [6.45, 7) is 1.46. The lowest BCUT2D eigenvalue weighted by atomic mass is 10.0. The third-order valence-electron chi connectivity index (χ3n) is 4.34. The number of hydrogen-bond donors (Lipinski definition) is 2. The number of amides is 1. The van der Waals surface area contributed by atoms with Crippen LogP contribution in [0.5, 0.6) is 5.75 Å². The molecule has 1 amide bonds. The first-order chi connectivity index (χ1) is 12.8. The molecule has 0 radical (unpaired) electrons. The number of aromatic nitrogens is 3. The number of fused-ring (bicyclic) bond motifs is 1. The van der Waals surface area contributed by atoms with Crippen molar-refractivity contribution >= 4 is 16.9 Å². The van der Waals surface area contributed by atoms with Crippen LogP contribution in [0.25, 0.3) is 11.0 Å². The first-order valence-electron chi connectivity index (χ1n) is 8.99. The van der Waals surface area contributed by atoms with Crippen LogP contribution in [0.4, 0.5) is 0 Å². The zero-order chi connectivity index (χ0) is 19.4. The molecule has 0 spiro atoms. The standard InChI is InChI=1S/C20H25N5O2.HI/c1-25(2,3)13-12-21-20(27)14-19(15-8-10-16(26)11-9-15)24-22-17-6-4-5-7-18(17)23-24;/h4-11,19H,12-14H2,1-3H3,(H-,21,26,27);1H. The van der Waals surface area contributed by atoms with Gasteiger partial charge >= 0.3 is 0 Å². The molecule has 3 rings (SSSR count). The van der Waals surface area contributed by atoms with E-state index in [2.05, 4.69) is 36.7 Å². The monoisotopic (exact) mass is 495 g/mol. The summed E-state index contributed by atoms with van der Waals surface area (Å²) in [5.41, 5.74) is 2.44. The van der Waals surface area contributed by atoms with Crippen LogP contribution in [0, 0.1) is 0 Å². The van der Waals surface area contributed by atoms with Gasteiger partial charge in [0.25, 0.3) is 0 Å². The van der Waals surface area contributed by atoms with Gasteiger partial charge in [0.1, 0.15) is 22.8 Å². The van der Waals surface area contributed by atoms with E-state index < -0.39 is 0 Å². The average molecular weight is 495 g/mol. The first kappa shape index (κ1) is 22.1. The molecule has 2 aromatic carbocycles. The minimum Gasteiger partial charge on any atom is -1.00 e. The lowest BCUT2D eigenvalue weighted by Gasteiger charge is -2.24. The van der Waals surface area contributed by atoms with Crippen molar-refractivity contribution in [1.82, 2.24) is 20.3 Å².